The second-order valence-corrected chi connectivity index (χ2v) is 6.48. The maximum atomic E-state index is 12.4. The van der Waals surface area contributed by atoms with Crippen LogP contribution in [0.4, 0.5) is 0 Å². The molecule has 2 amide bonds. The SMILES string of the molecule is C=CCc1cc(C=C2C(=O)N(C)C(=S)N(C)C2=O)cc(Br)c1OC. The topological polar surface area (TPSA) is 49.9 Å². The first-order valence-corrected chi connectivity index (χ1v) is 8.31. The Bertz CT molecular complexity index is 747. The lowest BCUT2D eigenvalue weighted by Gasteiger charge is -2.31. The van der Waals surface area contributed by atoms with Gasteiger partial charge in [0, 0.05) is 14.1 Å². The zero-order valence-corrected chi connectivity index (χ0v) is 16.0. The van der Waals surface area contributed by atoms with Crippen LogP contribution in [0.15, 0.2) is 34.8 Å². The van der Waals surface area contributed by atoms with Crippen LogP contribution in [0.25, 0.3) is 6.08 Å². The number of allylic oxidation sites excluding steroid dienone is 1. The van der Waals surface area contributed by atoms with Crippen molar-refractivity contribution >= 4 is 51.2 Å². The molecule has 1 fully saturated rings. The average Bonchev–Trinajstić information content (AvgIpc) is 2.55. The van der Waals surface area contributed by atoms with Crippen molar-refractivity contribution in [2.45, 2.75) is 6.42 Å². The molecule has 0 saturated carbocycles. The first kappa shape index (κ1) is 18.4. The molecule has 0 aliphatic carbocycles. The fraction of sp³-hybridized carbons (Fsp3) is 0.235. The van der Waals surface area contributed by atoms with E-state index < -0.39 is 11.8 Å². The molecule has 1 saturated heterocycles. The molecule has 1 aromatic rings. The van der Waals surface area contributed by atoms with Gasteiger partial charge < -0.3 is 4.74 Å². The molecule has 126 valence electrons. The fourth-order valence-electron chi connectivity index (χ4n) is 2.43. The van der Waals surface area contributed by atoms with Gasteiger partial charge in [-0.2, -0.15) is 0 Å². The maximum absolute atomic E-state index is 12.4. The molecule has 0 N–H and O–H groups in total. The van der Waals surface area contributed by atoms with E-state index in [0.717, 1.165) is 10.0 Å². The summed E-state index contributed by atoms with van der Waals surface area (Å²) >= 11 is 8.54. The van der Waals surface area contributed by atoms with Gasteiger partial charge in [0.1, 0.15) is 11.3 Å². The van der Waals surface area contributed by atoms with E-state index in [4.69, 9.17) is 17.0 Å². The van der Waals surface area contributed by atoms with Crippen molar-refractivity contribution in [3.8, 4) is 5.75 Å². The lowest BCUT2D eigenvalue weighted by molar-refractivity contribution is -0.132. The smallest absolute Gasteiger partial charge is 0.265 e. The van der Waals surface area contributed by atoms with Gasteiger partial charge in [-0.3, -0.25) is 19.4 Å². The van der Waals surface area contributed by atoms with Gasteiger partial charge in [0.05, 0.1) is 11.6 Å². The Labute approximate surface area is 154 Å². The minimum atomic E-state index is -0.416. The van der Waals surface area contributed by atoms with E-state index in [1.54, 1.807) is 39.4 Å². The van der Waals surface area contributed by atoms with Crippen molar-refractivity contribution in [2.24, 2.45) is 0 Å². The highest BCUT2D eigenvalue weighted by Gasteiger charge is 2.35. The highest BCUT2D eigenvalue weighted by atomic mass is 79.9. The lowest BCUT2D eigenvalue weighted by Crippen LogP contribution is -2.52. The highest BCUT2D eigenvalue weighted by Crippen LogP contribution is 2.32. The largest absolute Gasteiger partial charge is 0.495 e. The number of carbonyl (C=O) groups excluding carboxylic acids is 2. The van der Waals surface area contributed by atoms with Crippen molar-refractivity contribution in [3.63, 3.8) is 0 Å². The Hall–Kier alpha value is -1.99. The Morgan fingerprint density at radius 2 is 1.83 bits per heavy atom. The first-order valence-electron chi connectivity index (χ1n) is 7.10. The van der Waals surface area contributed by atoms with Crippen LogP contribution < -0.4 is 4.74 Å². The second kappa shape index (κ2) is 7.27. The van der Waals surface area contributed by atoms with Gasteiger partial charge in [-0.25, -0.2) is 0 Å². The molecular formula is C17H17BrN2O3S. The molecule has 5 nitrogen and oxygen atoms in total. The number of thiocarbonyl (C=S) groups is 1. The summed E-state index contributed by atoms with van der Waals surface area (Å²) in [5.41, 5.74) is 1.68. The van der Waals surface area contributed by atoms with Crippen molar-refractivity contribution in [1.29, 1.82) is 0 Å². The van der Waals surface area contributed by atoms with E-state index in [1.807, 2.05) is 6.07 Å². The van der Waals surface area contributed by atoms with Crippen LogP contribution in [0.2, 0.25) is 0 Å². The van der Waals surface area contributed by atoms with E-state index >= 15 is 0 Å². The monoisotopic (exact) mass is 408 g/mol. The number of amides is 2. The maximum Gasteiger partial charge on any atom is 0.265 e. The Kier molecular flexibility index (Phi) is 5.56. The van der Waals surface area contributed by atoms with E-state index in [0.29, 0.717) is 17.7 Å². The van der Waals surface area contributed by atoms with Crippen LogP contribution >= 0.6 is 28.1 Å². The molecule has 1 aromatic carbocycles. The Morgan fingerprint density at radius 1 is 1.25 bits per heavy atom. The number of rotatable bonds is 4. The molecule has 7 heteroatoms. The molecule has 1 heterocycles. The van der Waals surface area contributed by atoms with Crippen LogP contribution in [-0.2, 0) is 16.0 Å². The molecule has 2 rings (SSSR count). The van der Waals surface area contributed by atoms with E-state index in [1.165, 1.54) is 9.80 Å². The zero-order valence-electron chi connectivity index (χ0n) is 13.6. The molecule has 0 atom stereocenters. The molecule has 0 unspecified atom stereocenters. The summed E-state index contributed by atoms with van der Waals surface area (Å²) in [6, 6.07) is 3.66. The van der Waals surface area contributed by atoms with Crippen LogP contribution in [0, 0.1) is 0 Å². The second-order valence-electron chi connectivity index (χ2n) is 5.26. The highest BCUT2D eigenvalue weighted by molar-refractivity contribution is 9.10. The number of likely N-dealkylation sites (N-methyl/N-ethyl adjacent to an activating group) is 2. The summed E-state index contributed by atoms with van der Waals surface area (Å²) in [5, 5.41) is 0.186. The molecular weight excluding hydrogens is 392 g/mol. The molecule has 0 aromatic heterocycles. The molecule has 24 heavy (non-hydrogen) atoms. The number of methoxy groups -OCH3 is 1. The number of hydrogen-bond acceptors (Lipinski definition) is 4. The summed E-state index contributed by atoms with van der Waals surface area (Å²) in [6.07, 6.45) is 3.93. The van der Waals surface area contributed by atoms with Crippen LogP contribution in [0.5, 0.6) is 5.75 Å². The fourth-order valence-corrected chi connectivity index (χ4v) is 3.28. The predicted molar refractivity (Wildman–Crippen MR) is 101 cm³/mol. The quantitative estimate of drug-likeness (QED) is 0.332. The summed E-state index contributed by atoms with van der Waals surface area (Å²) in [5.74, 6) is -0.130. The zero-order chi connectivity index (χ0) is 18.0. The number of nitrogens with zero attached hydrogens (tertiary/aromatic N) is 2. The van der Waals surface area contributed by atoms with Gasteiger partial charge in [-0.1, -0.05) is 6.08 Å². The summed E-state index contributed by atoms with van der Waals surface area (Å²) in [7, 11) is 4.69. The summed E-state index contributed by atoms with van der Waals surface area (Å²) in [4.78, 5) is 27.3. The standard InChI is InChI=1S/C17H17BrN2O3S/c1-5-6-11-7-10(9-13(18)14(11)23-4)8-12-15(21)19(2)17(24)20(3)16(12)22/h5,7-9H,1,6H2,2-4H3. The van der Waals surface area contributed by atoms with Gasteiger partial charge in [0.2, 0.25) is 0 Å². The van der Waals surface area contributed by atoms with Crippen LogP contribution in [0.1, 0.15) is 11.1 Å². The molecule has 1 aliphatic rings. The van der Waals surface area contributed by atoms with Crippen molar-refractivity contribution < 1.29 is 14.3 Å². The van der Waals surface area contributed by atoms with E-state index in [2.05, 4.69) is 22.5 Å². The normalized spacial score (nSPS) is 15.0. The Morgan fingerprint density at radius 3 is 2.33 bits per heavy atom. The lowest BCUT2D eigenvalue weighted by atomic mass is 10.0. The average molecular weight is 409 g/mol. The van der Waals surface area contributed by atoms with Crippen molar-refractivity contribution in [2.75, 3.05) is 21.2 Å². The third-order valence-corrected chi connectivity index (χ3v) is 4.80. The summed E-state index contributed by atoms with van der Waals surface area (Å²) in [6.45, 7) is 3.74. The third-order valence-electron chi connectivity index (χ3n) is 3.67. The minimum absolute atomic E-state index is 0.0650. The van der Waals surface area contributed by atoms with Gasteiger partial charge in [-0.15, -0.1) is 6.58 Å². The molecule has 0 spiro atoms. The number of ether oxygens (including phenoxy) is 1. The molecule has 0 bridgehead atoms. The molecule has 1 aliphatic heterocycles. The van der Waals surface area contributed by atoms with Crippen LogP contribution in [-0.4, -0.2) is 47.9 Å². The number of halogens is 1. The van der Waals surface area contributed by atoms with Gasteiger partial charge in [-0.05, 0) is 63.9 Å². The van der Waals surface area contributed by atoms with Crippen molar-refractivity contribution in [1.82, 2.24) is 9.80 Å². The minimum Gasteiger partial charge on any atom is -0.495 e. The van der Waals surface area contributed by atoms with Gasteiger partial charge in [0.15, 0.2) is 5.11 Å². The summed E-state index contributed by atoms with van der Waals surface area (Å²) < 4.78 is 6.12. The molecule has 0 radical (unpaired) electrons. The van der Waals surface area contributed by atoms with E-state index in [-0.39, 0.29) is 10.7 Å². The van der Waals surface area contributed by atoms with Gasteiger partial charge in [0.25, 0.3) is 11.8 Å². The van der Waals surface area contributed by atoms with Crippen LogP contribution in [0.3, 0.4) is 0 Å². The number of hydrogen-bond donors (Lipinski definition) is 0. The van der Waals surface area contributed by atoms with Crippen molar-refractivity contribution in [3.05, 3.63) is 46.0 Å². The Balaban J connectivity index is 2.54. The van der Waals surface area contributed by atoms with Gasteiger partial charge >= 0.3 is 0 Å². The number of benzene rings is 1. The third kappa shape index (κ3) is 3.27. The van der Waals surface area contributed by atoms with E-state index in [9.17, 15) is 9.59 Å². The predicted octanol–water partition coefficient (Wildman–Crippen LogP) is 2.78. The first-order chi connectivity index (χ1) is 11.3. The number of carbonyl (C=O) groups is 2.